The van der Waals surface area contributed by atoms with Crippen LogP contribution < -0.4 is 10.6 Å². The van der Waals surface area contributed by atoms with E-state index in [9.17, 15) is 4.79 Å². The van der Waals surface area contributed by atoms with Crippen molar-refractivity contribution in [1.82, 2.24) is 10.6 Å². The molecular weight excluding hydrogens is 132 g/mol. The Morgan fingerprint density at radius 2 is 2.00 bits per heavy atom. The summed E-state index contributed by atoms with van der Waals surface area (Å²) in [5.74, 6) is 0. The third-order valence-electron chi connectivity index (χ3n) is 0.649. The Balaban J connectivity index is 0. The molecule has 0 aliphatic carbocycles. The van der Waals surface area contributed by atoms with Gasteiger partial charge in [-0.1, -0.05) is 0 Å². The van der Waals surface area contributed by atoms with Crippen molar-refractivity contribution < 1.29 is 9.90 Å². The van der Waals surface area contributed by atoms with Gasteiger partial charge in [-0.05, 0) is 14.1 Å². The van der Waals surface area contributed by atoms with Crippen LogP contribution in [-0.4, -0.2) is 45.2 Å². The van der Waals surface area contributed by atoms with Crippen molar-refractivity contribution in [2.75, 3.05) is 33.8 Å². The summed E-state index contributed by atoms with van der Waals surface area (Å²) in [6.07, 6.45) is 0.819. The smallest absolute Gasteiger partial charge is 0.133 e. The van der Waals surface area contributed by atoms with Gasteiger partial charge in [0, 0.05) is 6.54 Å². The highest BCUT2D eigenvalue weighted by Crippen LogP contribution is 1.42. The van der Waals surface area contributed by atoms with Gasteiger partial charge in [-0.2, -0.15) is 0 Å². The number of nitrogens with one attached hydrogen (secondary N) is 2. The van der Waals surface area contributed by atoms with Crippen LogP contribution in [0, 0.1) is 0 Å². The molecule has 0 heterocycles. The molecule has 0 amide bonds. The molecule has 4 heteroatoms. The zero-order chi connectivity index (χ0) is 8.24. The summed E-state index contributed by atoms with van der Waals surface area (Å²) in [6, 6.07) is 0. The van der Waals surface area contributed by atoms with E-state index in [0.29, 0.717) is 13.1 Å². The molecule has 0 fully saturated rings. The van der Waals surface area contributed by atoms with E-state index in [1.165, 1.54) is 0 Å². The Morgan fingerprint density at radius 1 is 1.40 bits per heavy atom. The SMILES string of the molecule is CNCC=O.CNCCO. The maximum Gasteiger partial charge on any atom is 0.133 e. The van der Waals surface area contributed by atoms with Crippen LogP contribution in [0.1, 0.15) is 0 Å². The molecule has 0 bridgehead atoms. The first-order valence-corrected chi connectivity index (χ1v) is 3.17. The molecule has 0 radical (unpaired) electrons. The molecule has 0 aromatic rings. The molecule has 0 saturated carbocycles. The number of carbonyl (C=O) groups is 1. The molecule has 0 aromatic heterocycles. The molecule has 10 heavy (non-hydrogen) atoms. The standard InChI is InChI=1S/C3H9NO.C3H7NO/c2*1-4-2-3-5/h4-5H,2-3H2,1H3;3-4H,2H2,1H3. The molecule has 0 aliphatic rings. The highest BCUT2D eigenvalue weighted by Gasteiger charge is 1.65. The Hall–Kier alpha value is -0.450. The van der Waals surface area contributed by atoms with Crippen molar-refractivity contribution in [2.24, 2.45) is 0 Å². The van der Waals surface area contributed by atoms with E-state index < -0.39 is 0 Å². The minimum atomic E-state index is 0.233. The summed E-state index contributed by atoms with van der Waals surface area (Å²) in [5.41, 5.74) is 0. The van der Waals surface area contributed by atoms with Gasteiger partial charge in [0.2, 0.25) is 0 Å². The first-order valence-electron chi connectivity index (χ1n) is 3.17. The molecule has 0 rings (SSSR count). The lowest BCUT2D eigenvalue weighted by Crippen LogP contribution is -2.10. The topological polar surface area (TPSA) is 61.4 Å². The van der Waals surface area contributed by atoms with Gasteiger partial charge in [0.1, 0.15) is 6.29 Å². The maximum atomic E-state index is 9.34. The van der Waals surface area contributed by atoms with Crippen LogP contribution in [0.25, 0.3) is 0 Å². The number of aldehydes is 1. The molecule has 0 saturated heterocycles. The summed E-state index contributed by atoms with van der Waals surface area (Å²) < 4.78 is 0. The zero-order valence-electron chi connectivity index (χ0n) is 6.55. The van der Waals surface area contributed by atoms with Crippen molar-refractivity contribution in [1.29, 1.82) is 0 Å². The summed E-state index contributed by atoms with van der Waals surface area (Å²) in [6.45, 7) is 1.39. The van der Waals surface area contributed by atoms with Crippen LogP contribution >= 0.6 is 0 Å². The lowest BCUT2D eigenvalue weighted by Gasteiger charge is -1.84. The Morgan fingerprint density at radius 3 is 2.00 bits per heavy atom. The van der Waals surface area contributed by atoms with E-state index in [-0.39, 0.29) is 6.61 Å². The fraction of sp³-hybridized carbons (Fsp3) is 0.833. The fourth-order valence-corrected chi connectivity index (χ4v) is 0.195. The minimum Gasteiger partial charge on any atom is -0.395 e. The van der Waals surface area contributed by atoms with E-state index in [1.807, 2.05) is 0 Å². The van der Waals surface area contributed by atoms with Gasteiger partial charge in [-0.25, -0.2) is 0 Å². The third kappa shape index (κ3) is 25.7. The van der Waals surface area contributed by atoms with Crippen molar-refractivity contribution in [2.45, 2.75) is 0 Å². The second-order valence-electron chi connectivity index (χ2n) is 1.55. The van der Waals surface area contributed by atoms with E-state index in [1.54, 1.807) is 14.1 Å². The van der Waals surface area contributed by atoms with E-state index in [4.69, 9.17) is 5.11 Å². The van der Waals surface area contributed by atoms with Crippen molar-refractivity contribution >= 4 is 6.29 Å². The molecule has 4 nitrogen and oxygen atoms in total. The van der Waals surface area contributed by atoms with Crippen molar-refractivity contribution in [3.8, 4) is 0 Å². The largest absolute Gasteiger partial charge is 0.395 e. The van der Waals surface area contributed by atoms with Gasteiger partial charge >= 0.3 is 0 Å². The van der Waals surface area contributed by atoms with Crippen LogP contribution in [0.2, 0.25) is 0 Å². The molecular formula is C6H16N2O2. The zero-order valence-corrected chi connectivity index (χ0v) is 6.55. The second-order valence-corrected chi connectivity index (χ2v) is 1.55. The molecule has 0 spiro atoms. The van der Waals surface area contributed by atoms with E-state index in [0.717, 1.165) is 6.29 Å². The summed E-state index contributed by atoms with van der Waals surface area (Å²) in [5, 5.41) is 13.4. The predicted octanol–water partition coefficient (Wildman–Crippen LogP) is -1.40. The summed E-state index contributed by atoms with van der Waals surface area (Å²) in [7, 11) is 3.53. The number of aliphatic hydroxyl groups excluding tert-OH is 1. The summed E-state index contributed by atoms with van der Waals surface area (Å²) >= 11 is 0. The molecule has 62 valence electrons. The van der Waals surface area contributed by atoms with Gasteiger partial charge < -0.3 is 20.5 Å². The molecule has 0 aromatic carbocycles. The van der Waals surface area contributed by atoms with E-state index in [2.05, 4.69) is 10.6 Å². The quantitative estimate of drug-likeness (QED) is 0.429. The Bertz CT molecular complexity index is 57.7. The van der Waals surface area contributed by atoms with Crippen LogP contribution in [-0.2, 0) is 4.79 Å². The fourth-order valence-electron chi connectivity index (χ4n) is 0.195. The number of rotatable bonds is 4. The van der Waals surface area contributed by atoms with E-state index >= 15 is 0 Å². The third-order valence-corrected chi connectivity index (χ3v) is 0.649. The highest BCUT2D eigenvalue weighted by molar-refractivity contribution is 5.51. The Kier molecular flexibility index (Phi) is 19.4. The number of aliphatic hydroxyl groups is 1. The Labute approximate surface area is 61.6 Å². The van der Waals surface area contributed by atoms with Crippen LogP contribution in [0.5, 0.6) is 0 Å². The second kappa shape index (κ2) is 15.8. The normalized spacial score (nSPS) is 7.90. The average molecular weight is 148 g/mol. The van der Waals surface area contributed by atoms with Crippen molar-refractivity contribution in [3.05, 3.63) is 0 Å². The van der Waals surface area contributed by atoms with Gasteiger partial charge in [0.25, 0.3) is 0 Å². The van der Waals surface area contributed by atoms with Crippen LogP contribution in [0.4, 0.5) is 0 Å². The van der Waals surface area contributed by atoms with Gasteiger partial charge in [-0.3, -0.25) is 0 Å². The first-order chi connectivity index (χ1) is 4.83. The van der Waals surface area contributed by atoms with Gasteiger partial charge in [-0.15, -0.1) is 0 Å². The molecule has 3 N–H and O–H groups in total. The molecule has 0 aliphatic heterocycles. The number of carbonyl (C=O) groups excluding carboxylic acids is 1. The summed E-state index contributed by atoms with van der Waals surface area (Å²) in [4.78, 5) is 9.34. The molecule has 0 unspecified atom stereocenters. The average Bonchev–Trinajstić information content (AvgIpc) is 1.93. The maximum absolute atomic E-state index is 9.34. The van der Waals surface area contributed by atoms with Gasteiger partial charge in [0.05, 0.1) is 13.2 Å². The van der Waals surface area contributed by atoms with Crippen LogP contribution in [0.3, 0.4) is 0 Å². The predicted molar refractivity (Wildman–Crippen MR) is 41.0 cm³/mol. The lowest BCUT2D eigenvalue weighted by atomic mass is 10.7. The molecule has 0 atom stereocenters. The van der Waals surface area contributed by atoms with Crippen LogP contribution in [0.15, 0.2) is 0 Å². The highest BCUT2D eigenvalue weighted by atomic mass is 16.3. The number of hydrogen-bond donors (Lipinski definition) is 3. The number of likely N-dealkylation sites (N-methyl/N-ethyl adjacent to an activating group) is 2. The minimum absolute atomic E-state index is 0.233. The van der Waals surface area contributed by atoms with Gasteiger partial charge in [0.15, 0.2) is 0 Å². The van der Waals surface area contributed by atoms with Crippen molar-refractivity contribution in [3.63, 3.8) is 0 Å². The monoisotopic (exact) mass is 148 g/mol. The number of hydrogen-bond acceptors (Lipinski definition) is 4. The first kappa shape index (κ1) is 12.2. The lowest BCUT2D eigenvalue weighted by molar-refractivity contribution is -0.107.